The zero-order valence-electron chi connectivity index (χ0n) is 20.2. The largest absolute Gasteiger partial charge is 0.494 e. The van der Waals surface area contributed by atoms with Crippen molar-refractivity contribution < 1.29 is 28.6 Å². The summed E-state index contributed by atoms with van der Waals surface area (Å²) in [6, 6.07) is 11.8. The number of rotatable bonds is 11. The molecule has 1 aromatic heterocycles. The normalized spacial score (nSPS) is 11.5. The molecule has 0 saturated heterocycles. The highest BCUT2D eigenvalue weighted by Crippen LogP contribution is 2.21. The van der Waals surface area contributed by atoms with Gasteiger partial charge < -0.3 is 18.8 Å². The van der Waals surface area contributed by atoms with Crippen molar-refractivity contribution in [3.63, 3.8) is 0 Å². The van der Waals surface area contributed by atoms with Crippen LogP contribution in [0.25, 0.3) is 10.2 Å². The summed E-state index contributed by atoms with van der Waals surface area (Å²) in [4.78, 5) is 41.9. The van der Waals surface area contributed by atoms with E-state index in [2.05, 4.69) is 11.9 Å². The number of fused-ring (bicyclic) bond motifs is 1. The molecule has 0 aliphatic carbocycles. The van der Waals surface area contributed by atoms with Crippen molar-refractivity contribution in [2.24, 2.45) is 4.99 Å². The van der Waals surface area contributed by atoms with Crippen molar-refractivity contribution >= 4 is 39.4 Å². The molecule has 0 saturated carbocycles. The van der Waals surface area contributed by atoms with Gasteiger partial charge in [-0.15, -0.1) is 0 Å². The number of benzene rings is 2. The van der Waals surface area contributed by atoms with E-state index in [-0.39, 0.29) is 19.8 Å². The van der Waals surface area contributed by atoms with Crippen molar-refractivity contribution in [1.29, 1.82) is 0 Å². The Morgan fingerprint density at radius 1 is 0.914 bits per heavy atom. The Kier molecular flexibility index (Phi) is 9.60. The molecular formula is C26H30N2O6S. The molecule has 0 fully saturated rings. The van der Waals surface area contributed by atoms with Gasteiger partial charge in [0.1, 0.15) is 12.3 Å². The molecule has 0 spiro atoms. The molecule has 1 amide bonds. The zero-order valence-corrected chi connectivity index (χ0v) is 21.1. The monoisotopic (exact) mass is 498 g/mol. The maximum absolute atomic E-state index is 12.9. The standard InChI is InChI=1S/C26H30N2O6S/c1-4-7-8-15-34-20-12-9-18(10-13-20)24(30)27-26-28(17-23(29)32-5-2)21-14-11-19(16-22(21)35-26)25(31)33-6-3/h9-14,16H,4-8,15,17H2,1-3H3. The zero-order chi connectivity index (χ0) is 25.2. The van der Waals surface area contributed by atoms with E-state index in [0.29, 0.717) is 38.5 Å². The highest BCUT2D eigenvalue weighted by atomic mass is 32.1. The third-order valence-corrected chi connectivity index (χ3v) is 6.14. The van der Waals surface area contributed by atoms with Gasteiger partial charge in [-0.2, -0.15) is 4.99 Å². The van der Waals surface area contributed by atoms with E-state index in [1.165, 1.54) is 11.3 Å². The molecule has 3 aromatic rings. The van der Waals surface area contributed by atoms with Crippen LogP contribution in [0, 0.1) is 0 Å². The second kappa shape index (κ2) is 12.9. The number of amides is 1. The fourth-order valence-corrected chi connectivity index (χ4v) is 4.44. The lowest BCUT2D eigenvalue weighted by atomic mass is 10.2. The summed E-state index contributed by atoms with van der Waals surface area (Å²) in [6.45, 7) is 6.64. The number of unbranched alkanes of at least 4 members (excludes halogenated alkanes) is 2. The molecule has 2 aromatic carbocycles. The van der Waals surface area contributed by atoms with Gasteiger partial charge in [0.05, 0.1) is 35.6 Å². The number of aromatic nitrogens is 1. The van der Waals surface area contributed by atoms with E-state index in [0.717, 1.165) is 19.3 Å². The highest BCUT2D eigenvalue weighted by Gasteiger charge is 2.15. The molecule has 0 aliphatic heterocycles. The Bertz CT molecular complexity index is 1240. The maximum atomic E-state index is 12.9. The quantitative estimate of drug-likeness (QED) is 0.280. The van der Waals surface area contributed by atoms with Crippen molar-refractivity contribution in [3.8, 4) is 5.75 Å². The Hall–Kier alpha value is -3.46. The number of nitrogens with zero attached hydrogens (tertiary/aromatic N) is 2. The first-order valence-corrected chi connectivity index (χ1v) is 12.6. The third-order valence-electron chi connectivity index (χ3n) is 5.10. The third kappa shape index (κ3) is 7.02. The van der Waals surface area contributed by atoms with Gasteiger partial charge in [0.25, 0.3) is 5.91 Å². The first kappa shape index (κ1) is 26.2. The van der Waals surface area contributed by atoms with Crippen LogP contribution in [0.3, 0.4) is 0 Å². The Morgan fingerprint density at radius 3 is 2.31 bits per heavy atom. The molecule has 0 unspecified atom stereocenters. The summed E-state index contributed by atoms with van der Waals surface area (Å²) in [5.41, 5.74) is 1.45. The molecule has 0 N–H and O–H groups in total. The number of hydrogen-bond acceptors (Lipinski definition) is 7. The van der Waals surface area contributed by atoms with Crippen LogP contribution in [0.4, 0.5) is 0 Å². The number of carbonyl (C=O) groups is 3. The van der Waals surface area contributed by atoms with Crippen LogP contribution < -0.4 is 9.54 Å². The maximum Gasteiger partial charge on any atom is 0.338 e. The number of ether oxygens (including phenoxy) is 3. The molecule has 3 rings (SSSR count). The molecule has 0 radical (unpaired) electrons. The van der Waals surface area contributed by atoms with E-state index in [1.807, 2.05) is 0 Å². The summed E-state index contributed by atoms with van der Waals surface area (Å²) < 4.78 is 18.2. The van der Waals surface area contributed by atoms with Crippen LogP contribution >= 0.6 is 11.3 Å². The molecule has 0 bridgehead atoms. The van der Waals surface area contributed by atoms with Gasteiger partial charge >= 0.3 is 11.9 Å². The van der Waals surface area contributed by atoms with Crippen LogP contribution in [-0.4, -0.2) is 42.2 Å². The number of esters is 2. The first-order valence-electron chi connectivity index (χ1n) is 11.7. The molecule has 8 nitrogen and oxygen atoms in total. The van der Waals surface area contributed by atoms with Crippen molar-refractivity contribution in [2.75, 3.05) is 19.8 Å². The predicted molar refractivity (Wildman–Crippen MR) is 134 cm³/mol. The van der Waals surface area contributed by atoms with E-state index in [4.69, 9.17) is 14.2 Å². The molecule has 1 heterocycles. The van der Waals surface area contributed by atoms with Gasteiger partial charge in [0.15, 0.2) is 4.80 Å². The molecule has 0 atom stereocenters. The minimum Gasteiger partial charge on any atom is -0.494 e. The Labute approximate surface area is 208 Å². The minimum atomic E-state index is -0.447. The summed E-state index contributed by atoms with van der Waals surface area (Å²) in [5.74, 6) is -0.632. The second-order valence-electron chi connectivity index (χ2n) is 7.68. The lowest BCUT2D eigenvalue weighted by Gasteiger charge is -2.06. The molecule has 35 heavy (non-hydrogen) atoms. The molecular weight excluding hydrogens is 468 g/mol. The summed E-state index contributed by atoms with van der Waals surface area (Å²) in [5, 5.41) is 0. The van der Waals surface area contributed by atoms with Gasteiger partial charge in [-0.1, -0.05) is 31.1 Å². The fraction of sp³-hybridized carbons (Fsp3) is 0.385. The van der Waals surface area contributed by atoms with Crippen molar-refractivity contribution in [3.05, 3.63) is 58.4 Å². The van der Waals surface area contributed by atoms with E-state index in [1.54, 1.807) is 60.9 Å². The van der Waals surface area contributed by atoms with E-state index in [9.17, 15) is 14.4 Å². The first-order chi connectivity index (χ1) is 17.0. The highest BCUT2D eigenvalue weighted by molar-refractivity contribution is 7.16. The van der Waals surface area contributed by atoms with Crippen molar-refractivity contribution in [2.45, 2.75) is 46.6 Å². The summed E-state index contributed by atoms with van der Waals surface area (Å²) in [6.07, 6.45) is 3.21. The second-order valence-corrected chi connectivity index (χ2v) is 8.68. The Morgan fingerprint density at radius 2 is 1.63 bits per heavy atom. The van der Waals surface area contributed by atoms with Crippen LogP contribution in [-0.2, 0) is 20.8 Å². The van der Waals surface area contributed by atoms with Gasteiger partial charge in [-0.05, 0) is 62.7 Å². The SMILES string of the molecule is CCCCCOc1ccc(C(=O)N=c2sc3cc(C(=O)OCC)ccc3n2CC(=O)OCC)cc1. The van der Waals surface area contributed by atoms with Gasteiger partial charge in [-0.25, -0.2) is 4.79 Å². The molecule has 186 valence electrons. The number of carbonyl (C=O) groups excluding carboxylic acids is 3. The average Bonchev–Trinajstić information content (AvgIpc) is 3.18. The molecule has 9 heteroatoms. The smallest absolute Gasteiger partial charge is 0.338 e. The minimum absolute atomic E-state index is 0.108. The van der Waals surface area contributed by atoms with Crippen LogP contribution in [0.1, 0.15) is 60.7 Å². The lowest BCUT2D eigenvalue weighted by Crippen LogP contribution is -2.23. The predicted octanol–water partition coefficient (Wildman–Crippen LogP) is 4.75. The topological polar surface area (TPSA) is 96.2 Å². The van der Waals surface area contributed by atoms with Crippen LogP contribution in [0.15, 0.2) is 47.5 Å². The Balaban J connectivity index is 1.92. The summed E-state index contributed by atoms with van der Waals surface area (Å²) in [7, 11) is 0. The van der Waals surface area contributed by atoms with Crippen molar-refractivity contribution in [1.82, 2.24) is 4.57 Å². The van der Waals surface area contributed by atoms with Gasteiger partial charge in [0.2, 0.25) is 0 Å². The lowest BCUT2D eigenvalue weighted by molar-refractivity contribution is -0.143. The number of hydrogen-bond donors (Lipinski definition) is 0. The average molecular weight is 499 g/mol. The van der Waals surface area contributed by atoms with Gasteiger partial charge in [0, 0.05) is 5.56 Å². The number of thiazole rings is 1. The summed E-state index contributed by atoms with van der Waals surface area (Å²) >= 11 is 1.21. The van der Waals surface area contributed by atoms with Crippen LogP contribution in [0.2, 0.25) is 0 Å². The van der Waals surface area contributed by atoms with E-state index >= 15 is 0 Å². The van der Waals surface area contributed by atoms with E-state index < -0.39 is 17.8 Å². The fourth-order valence-electron chi connectivity index (χ4n) is 3.38. The van der Waals surface area contributed by atoms with Gasteiger partial charge in [-0.3, -0.25) is 9.59 Å². The molecule has 0 aliphatic rings. The van der Waals surface area contributed by atoms with Crippen LogP contribution in [0.5, 0.6) is 5.75 Å².